The molecule has 1 unspecified atom stereocenters. The molecule has 1 saturated carbocycles. The van der Waals surface area contributed by atoms with Gasteiger partial charge in [0.2, 0.25) is 0 Å². The van der Waals surface area contributed by atoms with Crippen molar-refractivity contribution in [2.75, 3.05) is 0 Å². The average Bonchev–Trinajstić information content (AvgIpc) is 1.81. The number of hydrogen-bond donors (Lipinski definition) is 0. The molecule has 1 fully saturated rings. The zero-order valence-corrected chi connectivity index (χ0v) is 6.84. The predicted octanol–water partition coefficient (Wildman–Crippen LogP) is 1.91. The second-order valence-electron chi connectivity index (χ2n) is 3.33. The third-order valence-corrected chi connectivity index (χ3v) is 2.39. The maximum absolute atomic E-state index is 10.7. The van der Waals surface area contributed by atoms with Gasteiger partial charge < -0.3 is 0 Å². The molecule has 1 atom stereocenters. The highest BCUT2D eigenvalue weighted by Gasteiger charge is 2.27. The normalized spacial score (nSPS) is 20.0. The molecule has 0 bridgehead atoms. The number of nitriles is 1. The Labute approximate surface area is 67.2 Å². The van der Waals surface area contributed by atoms with Crippen molar-refractivity contribution in [2.24, 2.45) is 11.8 Å². The lowest BCUT2D eigenvalue weighted by molar-refractivity contribution is -0.118. The lowest BCUT2D eigenvalue weighted by Crippen LogP contribution is -2.22. The molecule has 0 aromatic heterocycles. The molecular formula is C9H13NO. The van der Waals surface area contributed by atoms with Crippen molar-refractivity contribution < 1.29 is 4.79 Å². The van der Waals surface area contributed by atoms with E-state index in [1.165, 1.54) is 6.42 Å². The largest absolute Gasteiger partial charge is 0.300 e. The van der Waals surface area contributed by atoms with Crippen LogP contribution in [0.25, 0.3) is 0 Å². The van der Waals surface area contributed by atoms with E-state index in [-0.39, 0.29) is 11.7 Å². The van der Waals surface area contributed by atoms with Gasteiger partial charge in [0.15, 0.2) is 0 Å². The SMILES string of the molecule is CC(=O)CC(C#N)C1CCC1. The number of carbonyl (C=O) groups is 1. The van der Waals surface area contributed by atoms with Gasteiger partial charge in [-0.2, -0.15) is 5.26 Å². The maximum atomic E-state index is 10.7. The van der Waals surface area contributed by atoms with Crippen LogP contribution in [0.2, 0.25) is 0 Å². The van der Waals surface area contributed by atoms with Crippen molar-refractivity contribution in [2.45, 2.75) is 32.6 Å². The number of ketones is 1. The lowest BCUT2D eigenvalue weighted by Gasteiger charge is -2.28. The summed E-state index contributed by atoms with van der Waals surface area (Å²) in [5.74, 6) is 0.661. The van der Waals surface area contributed by atoms with Crippen LogP contribution < -0.4 is 0 Å². The summed E-state index contributed by atoms with van der Waals surface area (Å²) in [6, 6.07) is 2.21. The van der Waals surface area contributed by atoms with Crippen LogP contribution in [0.3, 0.4) is 0 Å². The molecule has 0 N–H and O–H groups in total. The summed E-state index contributed by atoms with van der Waals surface area (Å²) in [5.41, 5.74) is 0. The van der Waals surface area contributed by atoms with E-state index in [1.807, 2.05) is 0 Å². The number of Topliss-reactive ketones (excluding diaryl/α,β-unsaturated/α-hetero) is 1. The van der Waals surface area contributed by atoms with Crippen molar-refractivity contribution in [1.82, 2.24) is 0 Å². The molecule has 0 amide bonds. The number of rotatable bonds is 3. The zero-order chi connectivity index (χ0) is 8.27. The van der Waals surface area contributed by atoms with Crippen LogP contribution in [0.5, 0.6) is 0 Å². The molecule has 0 aliphatic heterocycles. The van der Waals surface area contributed by atoms with Crippen LogP contribution in [0.1, 0.15) is 32.6 Å². The summed E-state index contributed by atoms with van der Waals surface area (Å²) < 4.78 is 0. The first-order valence-corrected chi connectivity index (χ1v) is 4.13. The Bertz CT molecular complexity index is 188. The van der Waals surface area contributed by atoms with Gasteiger partial charge >= 0.3 is 0 Å². The first-order valence-electron chi connectivity index (χ1n) is 4.13. The van der Waals surface area contributed by atoms with Gasteiger partial charge in [-0.15, -0.1) is 0 Å². The fourth-order valence-electron chi connectivity index (χ4n) is 1.47. The molecule has 0 radical (unpaired) electrons. The molecule has 1 rings (SSSR count). The van der Waals surface area contributed by atoms with E-state index < -0.39 is 0 Å². The van der Waals surface area contributed by atoms with Crippen LogP contribution in [0.15, 0.2) is 0 Å². The first kappa shape index (κ1) is 8.26. The van der Waals surface area contributed by atoms with Crippen LogP contribution in [0, 0.1) is 23.2 Å². The van der Waals surface area contributed by atoms with E-state index >= 15 is 0 Å². The van der Waals surface area contributed by atoms with Crippen molar-refractivity contribution in [3.05, 3.63) is 0 Å². The maximum Gasteiger partial charge on any atom is 0.131 e. The second kappa shape index (κ2) is 3.52. The molecule has 0 spiro atoms. The van der Waals surface area contributed by atoms with Crippen LogP contribution >= 0.6 is 0 Å². The van der Waals surface area contributed by atoms with E-state index in [1.54, 1.807) is 6.92 Å². The molecule has 1 aliphatic rings. The van der Waals surface area contributed by atoms with Crippen LogP contribution in [-0.4, -0.2) is 5.78 Å². The number of hydrogen-bond acceptors (Lipinski definition) is 2. The van der Waals surface area contributed by atoms with Gasteiger partial charge in [-0.3, -0.25) is 4.79 Å². The van der Waals surface area contributed by atoms with E-state index in [2.05, 4.69) is 6.07 Å². The Hall–Kier alpha value is -0.840. The molecule has 0 aromatic rings. The smallest absolute Gasteiger partial charge is 0.131 e. The summed E-state index contributed by atoms with van der Waals surface area (Å²) >= 11 is 0. The summed E-state index contributed by atoms with van der Waals surface area (Å²) in [6.45, 7) is 1.56. The van der Waals surface area contributed by atoms with Gasteiger partial charge in [0, 0.05) is 6.42 Å². The van der Waals surface area contributed by atoms with E-state index in [9.17, 15) is 4.79 Å². The molecule has 0 aromatic carbocycles. The minimum Gasteiger partial charge on any atom is -0.300 e. The minimum atomic E-state index is 0.00116. The van der Waals surface area contributed by atoms with Gasteiger partial charge in [-0.1, -0.05) is 6.42 Å². The highest BCUT2D eigenvalue weighted by Crippen LogP contribution is 2.34. The van der Waals surface area contributed by atoms with Gasteiger partial charge in [-0.05, 0) is 25.7 Å². The zero-order valence-electron chi connectivity index (χ0n) is 6.84. The number of carbonyl (C=O) groups excluding carboxylic acids is 1. The molecule has 0 heterocycles. The summed E-state index contributed by atoms with van der Waals surface area (Å²) in [7, 11) is 0. The monoisotopic (exact) mass is 151 g/mol. The Balaban J connectivity index is 2.37. The van der Waals surface area contributed by atoms with E-state index in [0.717, 1.165) is 12.8 Å². The highest BCUT2D eigenvalue weighted by atomic mass is 16.1. The quantitative estimate of drug-likeness (QED) is 0.618. The summed E-state index contributed by atoms with van der Waals surface area (Å²) in [6.07, 6.45) is 3.99. The Kier molecular flexibility index (Phi) is 2.64. The molecule has 60 valence electrons. The molecule has 2 nitrogen and oxygen atoms in total. The Morgan fingerprint density at radius 2 is 2.36 bits per heavy atom. The molecule has 1 aliphatic carbocycles. The summed E-state index contributed by atoms with van der Waals surface area (Å²) in [4.78, 5) is 10.7. The van der Waals surface area contributed by atoms with Gasteiger partial charge in [0.1, 0.15) is 5.78 Å². The average molecular weight is 151 g/mol. The van der Waals surface area contributed by atoms with E-state index in [0.29, 0.717) is 12.3 Å². The van der Waals surface area contributed by atoms with Crippen molar-refractivity contribution in [3.8, 4) is 6.07 Å². The minimum absolute atomic E-state index is 0.00116. The highest BCUT2D eigenvalue weighted by molar-refractivity contribution is 5.76. The molecule has 11 heavy (non-hydrogen) atoms. The third kappa shape index (κ3) is 2.04. The summed E-state index contributed by atoms with van der Waals surface area (Å²) in [5, 5.41) is 8.71. The molecular weight excluding hydrogens is 138 g/mol. The van der Waals surface area contributed by atoms with Crippen molar-refractivity contribution in [3.63, 3.8) is 0 Å². The fraction of sp³-hybridized carbons (Fsp3) is 0.778. The predicted molar refractivity (Wildman–Crippen MR) is 41.7 cm³/mol. The van der Waals surface area contributed by atoms with Crippen molar-refractivity contribution >= 4 is 5.78 Å². The second-order valence-corrected chi connectivity index (χ2v) is 3.33. The molecule has 0 saturated heterocycles. The third-order valence-electron chi connectivity index (χ3n) is 2.39. The Morgan fingerprint density at radius 3 is 2.64 bits per heavy atom. The van der Waals surface area contributed by atoms with Crippen LogP contribution in [0.4, 0.5) is 0 Å². The fourth-order valence-corrected chi connectivity index (χ4v) is 1.47. The van der Waals surface area contributed by atoms with Crippen molar-refractivity contribution in [1.29, 1.82) is 5.26 Å². The standard InChI is InChI=1S/C9H13NO/c1-7(11)5-9(6-10)8-3-2-4-8/h8-9H,2-5H2,1H3. The Morgan fingerprint density at radius 1 is 1.73 bits per heavy atom. The lowest BCUT2D eigenvalue weighted by atomic mass is 9.75. The van der Waals surface area contributed by atoms with E-state index in [4.69, 9.17) is 5.26 Å². The van der Waals surface area contributed by atoms with Gasteiger partial charge in [-0.25, -0.2) is 0 Å². The topological polar surface area (TPSA) is 40.9 Å². The van der Waals surface area contributed by atoms with Gasteiger partial charge in [0.05, 0.1) is 12.0 Å². The first-order chi connectivity index (χ1) is 5.24. The van der Waals surface area contributed by atoms with Gasteiger partial charge in [0.25, 0.3) is 0 Å². The van der Waals surface area contributed by atoms with Crippen LogP contribution in [-0.2, 0) is 4.79 Å². The number of nitrogens with zero attached hydrogens (tertiary/aromatic N) is 1. The molecule has 2 heteroatoms.